The summed E-state index contributed by atoms with van der Waals surface area (Å²) in [6.45, 7) is 10.8. The van der Waals surface area contributed by atoms with Crippen LogP contribution in [0.5, 0.6) is 5.75 Å². The van der Waals surface area contributed by atoms with E-state index < -0.39 is 0 Å². The lowest BCUT2D eigenvalue weighted by molar-refractivity contribution is 0.0130. The van der Waals surface area contributed by atoms with Crippen molar-refractivity contribution < 1.29 is 9.84 Å². The topological polar surface area (TPSA) is 106 Å². The number of phenolic OH excluding ortho intramolecular Hbond substituents is 1. The van der Waals surface area contributed by atoms with Crippen LogP contribution in [0.4, 0.5) is 0 Å². The molecule has 0 aromatic heterocycles. The monoisotopic (exact) mass is 398 g/mol. The highest BCUT2D eigenvalue weighted by Gasteiger charge is 2.38. The van der Waals surface area contributed by atoms with Gasteiger partial charge in [0.2, 0.25) is 0 Å². The third kappa shape index (κ3) is 5.07. The van der Waals surface area contributed by atoms with Gasteiger partial charge in [0.1, 0.15) is 11.9 Å². The molecule has 2 aliphatic heterocycles. The summed E-state index contributed by atoms with van der Waals surface area (Å²) in [5.41, 5.74) is 15.4. The van der Waals surface area contributed by atoms with Gasteiger partial charge in [-0.05, 0) is 70.0 Å². The molecule has 2 heterocycles. The van der Waals surface area contributed by atoms with E-state index in [1.54, 1.807) is 18.2 Å². The Bertz CT molecular complexity index is 852. The fourth-order valence-corrected chi connectivity index (χ4v) is 4.43. The van der Waals surface area contributed by atoms with Crippen molar-refractivity contribution in [2.24, 2.45) is 11.5 Å². The van der Waals surface area contributed by atoms with E-state index in [4.69, 9.17) is 16.2 Å². The lowest BCUT2D eigenvalue weighted by atomic mass is 9.81. The van der Waals surface area contributed by atoms with Crippen molar-refractivity contribution in [2.75, 3.05) is 0 Å². The molecule has 0 unspecified atom stereocenters. The van der Waals surface area contributed by atoms with Crippen LogP contribution in [0.1, 0.15) is 58.6 Å². The molecule has 0 radical (unpaired) electrons. The van der Waals surface area contributed by atoms with Crippen molar-refractivity contribution in [1.82, 2.24) is 10.6 Å². The van der Waals surface area contributed by atoms with Crippen molar-refractivity contribution >= 4 is 11.3 Å². The Hall–Kier alpha value is -2.60. The number of benzene rings is 1. The zero-order valence-corrected chi connectivity index (χ0v) is 18.0. The number of phenols is 1. The standard InChI is InChI=1S/C23H34N4O2/c1-14-18(13-26-14)15-6-7-17(20(28)10-15)19(24)8-9-21(25)29-16-11-22(2,3)27-23(4,5)12-16/h6-10,13-14,16,26-28H,11-12,24-25H2,1-5H3/b19-8-,21-9+/t14-/m1/s1. The quantitative estimate of drug-likeness (QED) is 0.385. The number of aromatic hydroxyl groups is 1. The molecule has 0 aliphatic carbocycles. The summed E-state index contributed by atoms with van der Waals surface area (Å²) in [5.74, 6) is 0.466. The molecule has 158 valence electrons. The predicted octanol–water partition coefficient (Wildman–Crippen LogP) is 3.15. The van der Waals surface area contributed by atoms with Gasteiger partial charge < -0.3 is 31.9 Å². The van der Waals surface area contributed by atoms with Crippen LogP contribution < -0.4 is 22.1 Å². The number of piperidine rings is 1. The third-order valence-electron chi connectivity index (χ3n) is 5.48. The molecule has 1 atom stereocenters. The average molecular weight is 399 g/mol. The van der Waals surface area contributed by atoms with Crippen LogP contribution >= 0.6 is 0 Å². The van der Waals surface area contributed by atoms with Crippen molar-refractivity contribution in [1.29, 1.82) is 0 Å². The van der Waals surface area contributed by atoms with Gasteiger partial charge in [0.25, 0.3) is 0 Å². The summed E-state index contributed by atoms with van der Waals surface area (Å²) in [5, 5.41) is 17.2. The Kier molecular flexibility index (Phi) is 5.59. The number of nitrogens with two attached hydrogens (primary N) is 2. The van der Waals surface area contributed by atoms with Gasteiger partial charge in [-0.3, -0.25) is 0 Å². The van der Waals surface area contributed by atoms with Gasteiger partial charge in [-0.15, -0.1) is 0 Å². The van der Waals surface area contributed by atoms with Crippen LogP contribution in [-0.4, -0.2) is 28.3 Å². The Morgan fingerprint density at radius 3 is 2.31 bits per heavy atom. The molecule has 6 nitrogen and oxygen atoms in total. The number of nitrogens with one attached hydrogen (secondary N) is 2. The Morgan fingerprint density at radius 2 is 1.79 bits per heavy atom. The maximum atomic E-state index is 10.4. The normalized spacial score (nSPS) is 24.3. The third-order valence-corrected chi connectivity index (χ3v) is 5.48. The van der Waals surface area contributed by atoms with E-state index in [1.807, 2.05) is 18.3 Å². The van der Waals surface area contributed by atoms with Gasteiger partial charge in [0.05, 0.1) is 6.04 Å². The minimum Gasteiger partial charge on any atom is -0.507 e. The number of ether oxygens (including phenoxy) is 1. The summed E-state index contributed by atoms with van der Waals surface area (Å²) < 4.78 is 5.99. The van der Waals surface area contributed by atoms with E-state index in [0.717, 1.165) is 18.4 Å². The first kappa shape index (κ1) is 21.1. The van der Waals surface area contributed by atoms with Crippen LogP contribution in [0, 0.1) is 0 Å². The van der Waals surface area contributed by atoms with Gasteiger partial charge in [-0.2, -0.15) is 0 Å². The highest BCUT2D eigenvalue weighted by Crippen LogP contribution is 2.32. The smallest absolute Gasteiger partial charge is 0.184 e. The summed E-state index contributed by atoms with van der Waals surface area (Å²) in [7, 11) is 0. The van der Waals surface area contributed by atoms with Crippen LogP contribution in [0.3, 0.4) is 0 Å². The molecular formula is C23H34N4O2. The lowest BCUT2D eigenvalue weighted by Crippen LogP contribution is -2.59. The second kappa shape index (κ2) is 7.67. The molecule has 1 aromatic carbocycles. The Labute approximate surface area is 173 Å². The maximum Gasteiger partial charge on any atom is 0.184 e. The molecule has 0 amide bonds. The minimum atomic E-state index is -0.0159. The molecule has 6 heteroatoms. The number of hydrogen-bond donors (Lipinski definition) is 5. The van der Waals surface area contributed by atoms with Crippen LogP contribution in [0.2, 0.25) is 0 Å². The molecule has 1 aromatic rings. The van der Waals surface area contributed by atoms with Crippen molar-refractivity contribution in [3.05, 3.63) is 53.6 Å². The van der Waals surface area contributed by atoms with Crippen LogP contribution in [-0.2, 0) is 4.74 Å². The summed E-state index contributed by atoms with van der Waals surface area (Å²) in [6.07, 6.45) is 7.05. The Balaban J connectivity index is 1.69. The van der Waals surface area contributed by atoms with Gasteiger partial charge >= 0.3 is 0 Å². The zero-order valence-electron chi connectivity index (χ0n) is 18.0. The van der Waals surface area contributed by atoms with Gasteiger partial charge in [0.15, 0.2) is 5.88 Å². The highest BCUT2D eigenvalue weighted by atomic mass is 16.5. The first-order valence-electron chi connectivity index (χ1n) is 10.1. The van der Waals surface area contributed by atoms with E-state index in [-0.39, 0.29) is 29.0 Å². The minimum absolute atomic E-state index is 0.0159. The summed E-state index contributed by atoms with van der Waals surface area (Å²) in [4.78, 5) is 0. The molecule has 1 fully saturated rings. The molecule has 3 rings (SSSR count). The SMILES string of the molecule is C[C@H]1NC=C1c1ccc(/C(N)=C/C=C(\N)OC2CC(C)(C)NC(C)(C)C2)c(O)c1. The molecular weight excluding hydrogens is 364 g/mol. The van der Waals surface area contributed by atoms with Crippen LogP contribution in [0.25, 0.3) is 11.3 Å². The number of hydrogen-bond acceptors (Lipinski definition) is 6. The predicted molar refractivity (Wildman–Crippen MR) is 119 cm³/mol. The number of rotatable bonds is 5. The summed E-state index contributed by atoms with van der Waals surface area (Å²) >= 11 is 0. The fourth-order valence-electron chi connectivity index (χ4n) is 4.43. The Morgan fingerprint density at radius 1 is 1.14 bits per heavy atom. The van der Waals surface area contributed by atoms with Crippen LogP contribution in [0.15, 0.2) is 42.4 Å². The molecule has 0 saturated carbocycles. The maximum absolute atomic E-state index is 10.4. The first-order valence-corrected chi connectivity index (χ1v) is 10.1. The fraction of sp³-hybridized carbons (Fsp3) is 0.478. The molecule has 2 aliphatic rings. The van der Waals surface area contributed by atoms with Gasteiger partial charge in [0, 0.05) is 41.4 Å². The highest BCUT2D eigenvalue weighted by molar-refractivity contribution is 5.77. The second-order valence-electron chi connectivity index (χ2n) is 9.45. The van der Waals surface area contributed by atoms with Crippen molar-refractivity contribution in [3.8, 4) is 5.75 Å². The first-order chi connectivity index (χ1) is 13.5. The zero-order chi connectivity index (χ0) is 21.4. The summed E-state index contributed by atoms with van der Waals surface area (Å²) in [6, 6.07) is 5.81. The molecule has 29 heavy (non-hydrogen) atoms. The second-order valence-corrected chi connectivity index (χ2v) is 9.45. The average Bonchev–Trinajstić information content (AvgIpc) is 2.55. The van der Waals surface area contributed by atoms with Crippen molar-refractivity contribution in [3.63, 3.8) is 0 Å². The molecule has 1 saturated heterocycles. The van der Waals surface area contributed by atoms with E-state index in [0.29, 0.717) is 17.1 Å². The van der Waals surface area contributed by atoms with Gasteiger partial charge in [-0.1, -0.05) is 6.07 Å². The molecule has 0 spiro atoms. The molecule has 0 bridgehead atoms. The van der Waals surface area contributed by atoms with E-state index in [2.05, 4.69) is 45.3 Å². The van der Waals surface area contributed by atoms with Gasteiger partial charge in [-0.25, -0.2) is 0 Å². The molecule has 7 N–H and O–H groups in total. The van der Waals surface area contributed by atoms with Crippen molar-refractivity contribution in [2.45, 2.75) is 70.7 Å². The number of allylic oxidation sites excluding steroid dienone is 2. The lowest BCUT2D eigenvalue weighted by Gasteiger charge is -2.46. The largest absolute Gasteiger partial charge is 0.507 e. The van der Waals surface area contributed by atoms with E-state index >= 15 is 0 Å². The van der Waals surface area contributed by atoms with E-state index in [9.17, 15) is 5.11 Å². The van der Waals surface area contributed by atoms with E-state index in [1.165, 1.54) is 5.57 Å².